The molecule has 1 fully saturated rings. The molecule has 3 aromatic rings. The lowest BCUT2D eigenvalue weighted by Crippen LogP contribution is -2.47. The predicted octanol–water partition coefficient (Wildman–Crippen LogP) is 3.64. The first-order chi connectivity index (χ1) is 14.6. The van der Waals surface area contributed by atoms with Crippen molar-refractivity contribution in [2.75, 3.05) is 13.1 Å². The third-order valence-electron chi connectivity index (χ3n) is 5.05. The van der Waals surface area contributed by atoms with Crippen LogP contribution in [-0.4, -0.2) is 50.9 Å². The van der Waals surface area contributed by atoms with Crippen molar-refractivity contribution in [1.29, 1.82) is 0 Å². The van der Waals surface area contributed by atoms with Crippen molar-refractivity contribution in [3.8, 4) is 11.3 Å². The molecule has 30 heavy (non-hydrogen) atoms. The van der Waals surface area contributed by atoms with E-state index in [2.05, 4.69) is 17.1 Å². The van der Waals surface area contributed by atoms with E-state index in [-0.39, 0.29) is 18.1 Å². The average molecular weight is 402 g/mol. The zero-order chi connectivity index (χ0) is 20.9. The van der Waals surface area contributed by atoms with E-state index in [4.69, 9.17) is 9.84 Å². The number of carbonyl (C=O) groups is 1. The summed E-state index contributed by atoms with van der Waals surface area (Å²) in [5.41, 5.74) is 3.79. The number of rotatable bonds is 5. The number of pyridine rings is 1. The van der Waals surface area contributed by atoms with Crippen LogP contribution in [0, 0.1) is 0 Å². The molecular weight excluding hydrogens is 376 g/mol. The van der Waals surface area contributed by atoms with E-state index in [0.717, 1.165) is 16.8 Å². The van der Waals surface area contributed by atoms with Gasteiger partial charge in [-0.1, -0.05) is 30.3 Å². The highest BCUT2D eigenvalue weighted by Gasteiger charge is 2.24. The highest BCUT2D eigenvalue weighted by molar-refractivity contribution is 5.93. The zero-order valence-corrected chi connectivity index (χ0v) is 17.3. The Kier molecular flexibility index (Phi) is 6.05. The molecule has 2 atom stereocenters. The van der Waals surface area contributed by atoms with Gasteiger partial charge in [0.15, 0.2) is 0 Å². The van der Waals surface area contributed by atoms with Gasteiger partial charge in [0.25, 0.3) is 0 Å². The van der Waals surface area contributed by atoms with Crippen LogP contribution in [0.2, 0.25) is 0 Å². The first-order valence-corrected chi connectivity index (χ1v) is 10.2. The molecule has 6 heteroatoms. The number of hydrogen-bond acceptors (Lipinski definition) is 4. The maximum Gasteiger partial charge on any atom is 0.246 e. The molecule has 0 bridgehead atoms. The molecule has 3 heterocycles. The van der Waals surface area contributed by atoms with Crippen LogP contribution in [0.25, 0.3) is 17.3 Å². The van der Waals surface area contributed by atoms with E-state index in [1.807, 2.05) is 66.0 Å². The van der Waals surface area contributed by atoms with Gasteiger partial charge in [-0.25, -0.2) is 0 Å². The molecule has 4 rings (SSSR count). The quantitative estimate of drug-likeness (QED) is 0.612. The minimum atomic E-state index is -0.00931. The van der Waals surface area contributed by atoms with Gasteiger partial charge in [0, 0.05) is 48.9 Å². The first kappa shape index (κ1) is 20.0. The van der Waals surface area contributed by atoms with Gasteiger partial charge >= 0.3 is 0 Å². The number of nitrogens with zero attached hydrogens (tertiary/aromatic N) is 4. The summed E-state index contributed by atoms with van der Waals surface area (Å²) in [6.45, 7) is 5.86. The summed E-state index contributed by atoms with van der Waals surface area (Å²) in [4.78, 5) is 18.8. The van der Waals surface area contributed by atoms with Gasteiger partial charge in [0.1, 0.15) is 5.69 Å². The molecule has 1 saturated heterocycles. The van der Waals surface area contributed by atoms with Crippen molar-refractivity contribution in [3.05, 3.63) is 78.3 Å². The number of amides is 1. The molecule has 154 valence electrons. The van der Waals surface area contributed by atoms with E-state index < -0.39 is 0 Å². The minimum Gasteiger partial charge on any atom is -0.372 e. The molecule has 1 amide bonds. The summed E-state index contributed by atoms with van der Waals surface area (Å²) < 4.78 is 7.63. The standard InChI is InChI=1S/C24H26N4O2/c1-18-14-27(15-19(2)30-18)23(29)11-10-22-17-28(16-20-7-4-3-5-8-20)26-24(22)21-9-6-12-25-13-21/h3-13,17-19H,14-16H2,1-2H3/b11-10+. The second-order valence-corrected chi connectivity index (χ2v) is 7.69. The Labute approximate surface area is 176 Å². The number of ether oxygens (including phenoxy) is 1. The van der Waals surface area contributed by atoms with Crippen LogP contribution in [0.15, 0.2) is 67.1 Å². The fourth-order valence-corrected chi connectivity index (χ4v) is 3.76. The lowest BCUT2D eigenvalue weighted by atomic mass is 10.1. The normalized spacial score (nSPS) is 19.3. The monoisotopic (exact) mass is 402 g/mol. The highest BCUT2D eigenvalue weighted by atomic mass is 16.5. The van der Waals surface area contributed by atoms with Gasteiger partial charge in [0.05, 0.1) is 18.8 Å². The van der Waals surface area contributed by atoms with Crippen LogP contribution < -0.4 is 0 Å². The summed E-state index contributed by atoms with van der Waals surface area (Å²) in [5, 5.41) is 4.77. The number of aromatic nitrogens is 3. The first-order valence-electron chi connectivity index (χ1n) is 10.2. The van der Waals surface area contributed by atoms with Crippen LogP contribution in [-0.2, 0) is 16.1 Å². The minimum absolute atomic E-state index is 0.00931. The lowest BCUT2D eigenvalue weighted by molar-refractivity contribution is -0.137. The number of carbonyl (C=O) groups excluding carboxylic acids is 1. The van der Waals surface area contributed by atoms with Crippen molar-refractivity contribution in [3.63, 3.8) is 0 Å². The van der Waals surface area contributed by atoms with Gasteiger partial charge in [-0.3, -0.25) is 14.5 Å². The number of benzene rings is 1. The van der Waals surface area contributed by atoms with Gasteiger partial charge in [-0.15, -0.1) is 0 Å². The second kappa shape index (κ2) is 9.05. The topological polar surface area (TPSA) is 60.2 Å². The van der Waals surface area contributed by atoms with Crippen molar-refractivity contribution >= 4 is 12.0 Å². The average Bonchev–Trinajstić information content (AvgIpc) is 3.15. The number of hydrogen-bond donors (Lipinski definition) is 0. The summed E-state index contributed by atoms with van der Waals surface area (Å²) in [7, 11) is 0. The largest absolute Gasteiger partial charge is 0.372 e. The summed E-state index contributed by atoms with van der Waals surface area (Å²) in [6, 6.07) is 14.1. The second-order valence-electron chi connectivity index (χ2n) is 7.69. The fraction of sp³-hybridized carbons (Fsp3) is 0.292. The van der Waals surface area contributed by atoms with Gasteiger partial charge in [-0.2, -0.15) is 5.10 Å². The summed E-state index contributed by atoms with van der Waals surface area (Å²) in [5.74, 6) is -0.00931. The zero-order valence-electron chi connectivity index (χ0n) is 17.3. The molecule has 0 aliphatic carbocycles. The van der Waals surface area contributed by atoms with E-state index in [1.165, 1.54) is 5.56 Å². The number of morpholine rings is 1. The molecule has 6 nitrogen and oxygen atoms in total. The van der Waals surface area contributed by atoms with Crippen LogP contribution in [0.3, 0.4) is 0 Å². The van der Waals surface area contributed by atoms with Crippen molar-refractivity contribution in [1.82, 2.24) is 19.7 Å². The molecule has 2 aromatic heterocycles. The maximum atomic E-state index is 12.8. The van der Waals surface area contributed by atoms with Crippen molar-refractivity contribution in [2.24, 2.45) is 0 Å². The van der Waals surface area contributed by atoms with Crippen LogP contribution in [0.1, 0.15) is 25.0 Å². The SMILES string of the molecule is CC1CN(C(=O)/C=C/c2cn(Cc3ccccc3)nc2-c2cccnc2)CC(C)O1. The predicted molar refractivity (Wildman–Crippen MR) is 117 cm³/mol. The molecule has 1 aromatic carbocycles. The maximum absolute atomic E-state index is 12.8. The molecule has 0 radical (unpaired) electrons. The smallest absolute Gasteiger partial charge is 0.246 e. The van der Waals surface area contributed by atoms with Gasteiger partial charge in [-0.05, 0) is 37.6 Å². The van der Waals surface area contributed by atoms with E-state index in [0.29, 0.717) is 19.6 Å². The van der Waals surface area contributed by atoms with E-state index in [1.54, 1.807) is 18.5 Å². The Morgan fingerprint density at radius 3 is 2.60 bits per heavy atom. The molecule has 0 saturated carbocycles. The Morgan fingerprint density at radius 1 is 1.13 bits per heavy atom. The Morgan fingerprint density at radius 2 is 1.90 bits per heavy atom. The van der Waals surface area contributed by atoms with E-state index in [9.17, 15) is 4.79 Å². The van der Waals surface area contributed by atoms with Gasteiger partial charge in [0.2, 0.25) is 5.91 Å². The summed E-state index contributed by atoms with van der Waals surface area (Å²) in [6.07, 6.45) is 9.09. The highest BCUT2D eigenvalue weighted by Crippen LogP contribution is 2.23. The summed E-state index contributed by atoms with van der Waals surface area (Å²) >= 11 is 0. The Balaban J connectivity index is 1.59. The Hall–Kier alpha value is -3.25. The third kappa shape index (κ3) is 4.83. The molecule has 1 aliphatic rings. The van der Waals surface area contributed by atoms with Crippen LogP contribution in [0.4, 0.5) is 0 Å². The molecular formula is C24H26N4O2. The lowest BCUT2D eigenvalue weighted by Gasteiger charge is -2.34. The van der Waals surface area contributed by atoms with E-state index >= 15 is 0 Å². The molecule has 2 unspecified atom stereocenters. The fourth-order valence-electron chi connectivity index (χ4n) is 3.76. The molecule has 0 N–H and O–H groups in total. The van der Waals surface area contributed by atoms with Crippen molar-refractivity contribution in [2.45, 2.75) is 32.6 Å². The molecule has 0 spiro atoms. The third-order valence-corrected chi connectivity index (χ3v) is 5.05. The molecule has 1 aliphatic heterocycles. The van der Waals surface area contributed by atoms with Crippen LogP contribution in [0.5, 0.6) is 0 Å². The van der Waals surface area contributed by atoms with Gasteiger partial charge < -0.3 is 9.64 Å². The Bertz CT molecular complexity index is 1000. The van der Waals surface area contributed by atoms with Crippen LogP contribution >= 0.6 is 0 Å². The van der Waals surface area contributed by atoms with Crippen molar-refractivity contribution < 1.29 is 9.53 Å².